The molecule has 7 aromatic rings. The van der Waals surface area contributed by atoms with E-state index in [4.69, 9.17) is 58.4 Å². The SMILES string of the molecule is COC(=O)[C@H]1NC(=O)[C@H]2NC(=O)[C@H](NC(=O)[C@@H]3NC(=O)[C@H]4NC(=O)[C@@H](Cc5ccc(c(Cl)c5)Oc5cc3cc(c5OCCCCN)Oc3ccc(cc3Cl)[C@H]2O)NC(=O)[C@@H](N)c2ccc(O)c(c2)Oc2cc(O)cc4c2)c2ccc(O)c(c2)-c2c(O)cc(O)cc21. The van der Waals surface area contributed by atoms with E-state index in [0.29, 0.717) is 18.4 Å². The van der Waals surface area contributed by atoms with E-state index in [-0.39, 0.29) is 114 Å². The second-order valence-corrected chi connectivity index (χ2v) is 22.4. The van der Waals surface area contributed by atoms with Gasteiger partial charge in [-0.2, -0.15) is 0 Å². The Bertz CT molecular complexity index is 4150. The number of nitrogens with two attached hydrogens (primary N) is 2. The maximum atomic E-state index is 16.0. The molecule has 91 heavy (non-hydrogen) atoms. The van der Waals surface area contributed by atoms with Crippen LogP contribution in [0.25, 0.3) is 11.1 Å². The van der Waals surface area contributed by atoms with Gasteiger partial charge >= 0.3 is 5.97 Å². The highest BCUT2D eigenvalue weighted by Crippen LogP contribution is 2.49. The number of methoxy groups -OCH3 is 1. The smallest absolute Gasteiger partial charge is 0.333 e. The van der Waals surface area contributed by atoms with Gasteiger partial charge in [0.1, 0.15) is 82.6 Å². The van der Waals surface area contributed by atoms with Gasteiger partial charge in [-0.1, -0.05) is 47.5 Å². The Balaban J connectivity index is 1.17. The highest BCUT2D eigenvalue weighted by molar-refractivity contribution is 6.32. The van der Waals surface area contributed by atoms with Gasteiger partial charge in [0.05, 0.1) is 23.8 Å². The predicted octanol–water partition coefficient (Wildman–Crippen LogP) is 5.49. The molecule has 6 heterocycles. The van der Waals surface area contributed by atoms with Crippen molar-refractivity contribution in [2.75, 3.05) is 20.3 Å². The number of esters is 1. The molecule has 0 saturated heterocycles. The molecular formula is C63H56Cl2N8O18. The summed E-state index contributed by atoms with van der Waals surface area (Å²) in [5.41, 5.74) is 11.0. The zero-order chi connectivity index (χ0) is 64.7. The van der Waals surface area contributed by atoms with Gasteiger partial charge in [0.25, 0.3) is 0 Å². The number of amides is 6. The zero-order valence-electron chi connectivity index (χ0n) is 47.6. The van der Waals surface area contributed by atoms with Crippen LogP contribution < -0.4 is 62.3 Å². The molecule has 470 valence electrons. The van der Waals surface area contributed by atoms with Crippen molar-refractivity contribution in [3.8, 4) is 80.1 Å². The second kappa shape index (κ2) is 25.5. The molecule has 0 saturated carbocycles. The minimum atomic E-state index is -2.13. The molecule has 8 atom stereocenters. The summed E-state index contributed by atoms with van der Waals surface area (Å²) in [6.07, 6.45) is -1.52. The van der Waals surface area contributed by atoms with Crippen molar-refractivity contribution in [2.24, 2.45) is 11.5 Å². The lowest BCUT2D eigenvalue weighted by Gasteiger charge is -2.31. The molecule has 26 nitrogen and oxygen atoms in total. The Morgan fingerprint density at radius 1 is 0.560 bits per heavy atom. The van der Waals surface area contributed by atoms with E-state index < -0.39 is 119 Å². The van der Waals surface area contributed by atoms with E-state index in [0.717, 1.165) is 43.5 Å². The van der Waals surface area contributed by atoms with Crippen LogP contribution in [0, 0.1) is 0 Å². The minimum absolute atomic E-state index is 0.0250. The van der Waals surface area contributed by atoms with Gasteiger partial charge in [0.2, 0.25) is 41.2 Å². The molecular weight excluding hydrogens is 1230 g/mol. The fourth-order valence-corrected chi connectivity index (χ4v) is 11.4. The Hall–Kier alpha value is -10.5. The molecule has 16 N–H and O–H groups in total. The number of phenols is 5. The number of fused-ring (bicyclic) bond motifs is 14. The second-order valence-electron chi connectivity index (χ2n) is 21.6. The zero-order valence-corrected chi connectivity index (χ0v) is 49.1. The van der Waals surface area contributed by atoms with Crippen LogP contribution in [-0.2, 0) is 44.7 Å². The number of aliphatic hydroxyl groups is 1. The molecule has 0 radical (unpaired) electrons. The monoisotopic (exact) mass is 1280 g/mol. The fraction of sp³-hybridized carbons (Fsp3) is 0.222. The van der Waals surface area contributed by atoms with Crippen LogP contribution in [0.4, 0.5) is 0 Å². The summed E-state index contributed by atoms with van der Waals surface area (Å²) in [5.74, 6) is -12.4. The van der Waals surface area contributed by atoms with Crippen molar-refractivity contribution >= 4 is 64.6 Å². The first-order valence-electron chi connectivity index (χ1n) is 28.1. The summed E-state index contributed by atoms with van der Waals surface area (Å²) in [7, 11) is 0.977. The quantitative estimate of drug-likeness (QED) is 0.0723. The van der Waals surface area contributed by atoms with Gasteiger partial charge in [-0.05, 0) is 132 Å². The fourth-order valence-electron chi connectivity index (χ4n) is 10.9. The van der Waals surface area contributed by atoms with Crippen LogP contribution in [0.15, 0.2) is 115 Å². The number of carbonyl (C=O) groups excluding carboxylic acids is 7. The first-order valence-corrected chi connectivity index (χ1v) is 28.8. The van der Waals surface area contributed by atoms with E-state index in [9.17, 15) is 45.0 Å². The minimum Gasteiger partial charge on any atom is -0.508 e. The lowest BCUT2D eigenvalue weighted by molar-refractivity contribution is -0.146. The number of rotatable bonds is 6. The Kier molecular flexibility index (Phi) is 17.4. The molecule has 6 aliphatic heterocycles. The van der Waals surface area contributed by atoms with Gasteiger partial charge in [0.15, 0.2) is 29.0 Å². The number of aliphatic hydroxyl groups excluding tert-OH is 1. The van der Waals surface area contributed by atoms with E-state index >= 15 is 19.2 Å². The van der Waals surface area contributed by atoms with Gasteiger partial charge in [-0.15, -0.1) is 0 Å². The third-order valence-electron chi connectivity index (χ3n) is 15.5. The topological polar surface area (TPSA) is 411 Å². The first-order chi connectivity index (χ1) is 43.5. The Morgan fingerprint density at radius 3 is 1.85 bits per heavy atom. The number of nitrogens with one attached hydrogen (secondary N) is 6. The summed E-state index contributed by atoms with van der Waals surface area (Å²) in [6, 6.07) is 10.00. The number of aromatic hydroxyl groups is 5. The van der Waals surface area contributed by atoms with Crippen molar-refractivity contribution in [1.29, 1.82) is 0 Å². The van der Waals surface area contributed by atoms with E-state index in [2.05, 4.69) is 31.9 Å². The van der Waals surface area contributed by atoms with E-state index in [1.165, 1.54) is 78.9 Å². The van der Waals surface area contributed by atoms with Gasteiger partial charge in [-0.25, -0.2) is 4.79 Å². The van der Waals surface area contributed by atoms with Crippen LogP contribution in [0.1, 0.15) is 88.1 Å². The number of hydrogen-bond acceptors (Lipinski definition) is 20. The normalized spacial score (nSPS) is 21.3. The third kappa shape index (κ3) is 12.7. The standard InChI is InChI=1S/C63H56Cl2N8O18/c1-87-63(86)53-36-24-33(75)25-42(78)48(36)35-18-28(6-8-40(35)76)50-59(82)73-54(62(85)72-53)55(79)29-7-11-44(38(65)19-29)91-47-22-31-21-46(56(47)88-13-3-2-12-66)90-43-10-4-26(14-37(43)64)15-39-57(80)69-51(60(83)71-52(31)61(84)70-50)30-16-32(74)23-34(17-30)89-45-20-27(5-9-41(45)77)49(67)58(81)68-39/h4-11,14,16-25,39,49-55,74-79H,2-3,12-13,15,66-67H2,1H3,(H,68,81)(H,69,80)(H,70,84)(H,71,83)(H,72,85)(H,73,82)/t39-,49+,50-,51+,52-,53+,54+,55-/m1/s1. The number of unbranched alkanes of at least 4 members (excludes halogenated alkanes) is 1. The first kappa shape index (κ1) is 62.1. The number of hydrogen-bond donors (Lipinski definition) is 14. The van der Waals surface area contributed by atoms with Crippen LogP contribution in [0.5, 0.6) is 69.0 Å². The number of phenolic OH excluding ortho intramolecular Hbond substituents is 5. The number of ether oxygens (including phenoxy) is 5. The van der Waals surface area contributed by atoms with E-state index in [1.807, 2.05) is 0 Å². The molecule has 6 amide bonds. The summed E-state index contributed by atoms with van der Waals surface area (Å²) in [6.45, 7) is 0.260. The lowest BCUT2D eigenvalue weighted by atomic mass is 9.89. The average molecular weight is 1280 g/mol. The summed E-state index contributed by atoms with van der Waals surface area (Å²) >= 11 is 14.0. The van der Waals surface area contributed by atoms with Crippen molar-refractivity contribution in [3.63, 3.8) is 0 Å². The largest absolute Gasteiger partial charge is 0.508 e. The van der Waals surface area contributed by atoms with Crippen LogP contribution in [-0.4, -0.2) is 104 Å². The summed E-state index contributed by atoms with van der Waals surface area (Å²) in [5, 5.41) is 83.9. The highest BCUT2D eigenvalue weighted by atomic mass is 35.5. The molecule has 7 aromatic carbocycles. The summed E-state index contributed by atoms with van der Waals surface area (Å²) < 4.78 is 30.7. The molecule has 0 aliphatic carbocycles. The molecule has 17 bridgehead atoms. The van der Waals surface area contributed by atoms with E-state index in [1.54, 1.807) is 0 Å². The lowest BCUT2D eigenvalue weighted by Crippen LogP contribution is -2.55. The molecule has 0 unspecified atom stereocenters. The van der Waals surface area contributed by atoms with Crippen molar-refractivity contribution in [3.05, 3.63) is 164 Å². The Labute approximate surface area is 525 Å². The van der Waals surface area contributed by atoms with Crippen LogP contribution >= 0.6 is 23.2 Å². The molecule has 28 heteroatoms. The molecule has 13 rings (SSSR count). The maximum absolute atomic E-state index is 16.0. The average Bonchev–Trinajstić information content (AvgIpc) is 0.839. The van der Waals surface area contributed by atoms with Crippen LogP contribution in [0.2, 0.25) is 10.0 Å². The molecule has 0 spiro atoms. The maximum Gasteiger partial charge on any atom is 0.333 e. The van der Waals surface area contributed by atoms with Crippen molar-refractivity contribution in [2.45, 2.75) is 67.7 Å². The van der Waals surface area contributed by atoms with Crippen molar-refractivity contribution in [1.82, 2.24) is 31.9 Å². The van der Waals surface area contributed by atoms with Gasteiger partial charge in [0, 0.05) is 35.2 Å². The van der Waals surface area contributed by atoms with Gasteiger partial charge < -0.3 is 97.7 Å². The van der Waals surface area contributed by atoms with Crippen LogP contribution in [0.3, 0.4) is 0 Å². The Morgan fingerprint density at radius 2 is 1.16 bits per heavy atom. The third-order valence-corrected chi connectivity index (χ3v) is 16.1. The summed E-state index contributed by atoms with van der Waals surface area (Å²) in [4.78, 5) is 105. The number of benzene rings is 7. The molecule has 0 fully saturated rings. The molecule has 0 aromatic heterocycles. The number of halogens is 2. The van der Waals surface area contributed by atoms with Gasteiger partial charge in [-0.3, -0.25) is 28.8 Å². The predicted molar refractivity (Wildman–Crippen MR) is 321 cm³/mol. The van der Waals surface area contributed by atoms with Crippen molar-refractivity contribution < 1.29 is 87.9 Å². The number of carbonyl (C=O) groups is 7. The highest BCUT2D eigenvalue weighted by Gasteiger charge is 2.42. The molecule has 6 aliphatic rings.